The molecule has 6 nitrogen and oxygen atoms in total. The normalized spacial score (nSPS) is 15.1. The standard InChI is InChI=1S/C20H13FN4O2S3/c1-12(26)24(16-7-3-2-6-15(16)21)19-23-13(11-29-19)9-17-18(27)25(20(28)30-17)14-5-4-8-22-10-14/h2-11H,1H3/b17-9-. The molecule has 0 aliphatic carbocycles. The summed E-state index contributed by atoms with van der Waals surface area (Å²) < 4.78 is 14.6. The van der Waals surface area contributed by atoms with Gasteiger partial charge in [-0.15, -0.1) is 11.3 Å². The third-order valence-corrected chi connectivity index (χ3v) is 6.23. The summed E-state index contributed by atoms with van der Waals surface area (Å²) in [5.74, 6) is -1.17. The molecule has 30 heavy (non-hydrogen) atoms. The molecule has 3 aromatic rings. The molecule has 10 heteroatoms. The molecule has 0 bridgehead atoms. The third kappa shape index (κ3) is 3.89. The molecule has 150 valence electrons. The molecule has 1 saturated heterocycles. The first-order valence-electron chi connectivity index (χ1n) is 8.64. The van der Waals surface area contributed by atoms with Crippen LogP contribution < -0.4 is 9.80 Å². The van der Waals surface area contributed by atoms with Gasteiger partial charge in [-0.2, -0.15) is 0 Å². The molecule has 1 fully saturated rings. The van der Waals surface area contributed by atoms with Gasteiger partial charge in [0.25, 0.3) is 5.91 Å². The summed E-state index contributed by atoms with van der Waals surface area (Å²) >= 11 is 7.68. The number of pyridine rings is 1. The molecule has 1 aliphatic heterocycles. The molecule has 0 atom stereocenters. The van der Waals surface area contributed by atoms with Crippen molar-refractivity contribution in [1.29, 1.82) is 0 Å². The number of para-hydroxylation sites is 1. The van der Waals surface area contributed by atoms with Gasteiger partial charge >= 0.3 is 0 Å². The quantitative estimate of drug-likeness (QED) is 0.416. The summed E-state index contributed by atoms with van der Waals surface area (Å²) in [6, 6.07) is 9.46. The molecule has 0 unspecified atom stereocenters. The fraction of sp³-hybridized carbons (Fsp3) is 0.0500. The van der Waals surface area contributed by atoms with E-state index in [4.69, 9.17) is 12.2 Å². The van der Waals surface area contributed by atoms with Gasteiger partial charge in [0.15, 0.2) is 9.45 Å². The van der Waals surface area contributed by atoms with Crippen molar-refractivity contribution in [2.24, 2.45) is 0 Å². The summed E-state index contributed by atoms with van der Waals surface area (Å²) in [4.78, 5) is 36.4. The second kappa shape index (κ2) is 8.42. The number of halogens is 1. The summed E-state index contributed by atoms with van der Waals surface area (Å²) in [5.41, 5.74) is 1.18. The number of thiocarbonyl (C=S) groups is 1. The summed E-state index contributed by atoms with van der Waals surface area (Å²) in [5, 5.41) is 2.00. The predicted octanol–water partition coefficient (Wildman–Crippen LogP) is 4.77. The van der Waals surface area contributed by atoms with Gasteiger partial charge in [-0.05, 0) is 30.3 Å². The number of hydrogen-bond donors (Lipinski definition) is 0. The van der Waals surface area contributed by atoms with Gasteiger partial charge in [-0.1, -0.05) is 36.1 Å². The van der Waals surface area contributed by atoms with Crippen LogP contribution in [0, 0.1) is 5.82 Å². The van der Waals surface area contributed by atoms with E-state index >= 15 is 0 Å². The third-order valence-electron chi connectivity index (χ3n) is 4.09. The first-order chi connectivity index (χ1) is 14.5. The molecular weight excluding hydrogens is 443 g/mol. The lowest BCUT2D eigenvalue weighted by molar-refractivity contribution is -0.116. The van der Waals surface area contributed by atoms with E-state index in [9.17, 15) is 14.0 Å². The maximum Gasteiger partial charge on any atom is 0.270 e. The van der Waals surface area contributed by atoms with Crippen LogP contribution in [0.25, 0.3) is 6.08 Å². The number of nitrogens with zero attached hydrogens (tertiary/aromatic N) is 4. The lowest BCUT2D eigenvalue weighted by Crippen LogP contribution is -2.27. The molecule has 4 rings (SSSR count). The van der Waals surface area contributed by atoms with Crippen molar-refractivity contribution in [3.05, 3.63) is 70.6 Å². The minimum absolute atomic E-state index is 0.119. The van der Waals surface area contributed by atoms with Crippen LogP contribution in [0.4, 0.5) is 20.9 Å². The predicted molar refractivity (Wildman–Crippen MR) is 121 cm³/mol. The van der Waals surface area contributed by atoms with Crippen LogP contribution in [0.1, 0.15) is 12.6 Å². The Morgan fingerprint density at radius 3 is 2.77 bits per heavy atom. The Balaban J connectivity index is 1.64. The molecule has 1 aliphatic rings. The molecular formula is C20H13FN4O2S3. The zero-order chi connectivity index (χ0) is 21.3. The molecule has 0 spiro atoms. The van der Waals surface area contributed by atoms with E-state index in [2.05, 4.69) is 9.97 Å². The molecule has 3 heterocycles. The van der Waals surface area contributed by atoms with E-state index in [0.29, 0.717) is 25.7 Å². The zero-order valence-corrected chi connectivity index (χ0v) is 17.9. The smallest absolute Gasteiger partial charge is 0.270 e. The topological polar surface area (TPSA) is 66.4 Å². The highest BCUT2D eigenvalue weighted by molar-refractivity contribution is 8.27. The Labute approximate surface area is 185 Å². The number of hydrogen-bond acceptors (Lipinski definition) is 7. The average Bonchev–Trinajstić information content (AvgIpc) is 3.28. The Kier molecular flexibility index (Phi) is 5.71. The van der Waals surface area contributed by atoms with E-state index in [1.165, 1.54) is 40.2 Å². The fourth-order valence-electron chi connectivity index (χ4n) is 2.80. The van der Waals surface area contributed by atoms with Crippen molar-refractivity contribution in [2.75, 3.05) is 9.80 Å². The molecule has 2 amide bonds. The van der Waals surface area contributed by atoms with Crippen molar-refractivity contribution in [1.82, 2.24) is 9.97 Å². The number of anilines is 3. The molecule has 0 N–H and O–H groups in total. The Morgan fingerprint density at radius 2 is 2.07 bits per heavy atom. The van der Waals surface area contributed by atoms with Crippen LogP contribution in [0.2, 0.25) is 0 Å². The first kappa shape index (κ1) is 20.3. The van der Waals surface area contributed by atoms with Gasteiger partial charge in [0.1, 0.15) is 5.82 Å². The lowest BCUT2D eigenvalue weighted by atomic mass is 10.3. The maximum atomic E-state index is 14.2. The Hall–Kier alpha value is -2.95. The zero-order valence-electron chi connectivity index (χ0n) is 15.5. The monoisotopic (exact) mass is 456 g/mol. The number of rotatable bonds is 4. The number of aromatic nitrogens is 2. The number of benzene rings is 1. The largest absolute Gasteiger partial charge is 0.274 e. The maximum absolute atomic E-state index is 14.2. The number of thioether (sulfide) groups is 1. The summed E-state index contributed by atoms with van der Waals surface area (Å²) in [7, 11) is 0. The van der Waals surface area contributed by atoms with Crippen molar-refractivity contribution in [3.8, 4) is 0 Å². The minimum atomic E-state index is -0.526. The number of amides is 2. The van der Waals surface area contributed by atoms with E-state index in [1.807, 2.05) is 0 Å². The van der Waals surface area contributed by atoms with Gasteiger partial charge in [0, 0.05) is 18.5 Å². The van der Waals surface area contributed by atoms with Crippen molar-refractivity contribution >= 4 is 74.0 Å². The van der Waals surface area contributed by atoms with E-state index in [-0.39, 0.29) is 17.5 Å². The van der Waals surface area contributed by atoms with Crippen LogP contribution in [0.15, 0.2) is 59.1 Å². The molecule has 0 saturated carbocycles. The van der Waals surface area contributed by atoms with Crippen LogP contribution >= 0.6 is 35.3 Å². The highest BCUT2D eigenvalue weighted by atomic mass is 32.2. The number of carbonyl (C=O) groups excluding carboxylic acids is 2. The molecule has 2 aromatic heterocycles. The lowest BCUT2D eigenvalue weighted by Gasteiger charge is -2.18. The highest BCUT2D eigenvalue weighted by Crippen LogP contribution is 2.37. The van der Waals surface area contributed by atoms with E-state index in [1.54, 1.807) is 48.1 Å². The van der Waals surface area contributed by atoms with E-state index in [0.717, 1.165) is 11.8 Å². The fourth-order valence-corrected chi connectivity index (χ4v) is 4.92. The number of carbonyl (C=O) groups is 2. The van der Waals surface area contributed by atoms with Crippen molar-refractivity contribution < 1.29 is 14.0 Å². The van der Waals surface area contributed by atoms with Gasteiger partial charge in [-0.3, -0.25) is 24.4 Å². The minimum Gasteiger partial charge on any atom is -0.274 e. The van der Waals surface area contributed by atoms with Crippen molar-refractivity contribution in [2.45, 2.75) is 6.92 Å². The second-order valence-corrected chi connectivity index (χ2v) is 8.60. The second-order valence-electron chi connectivity index (χ2n) is 6.09. The number of thiazole rings is 1. The SMILES string of the molecule is CC(=O)N(c1nc(/C=C2\SC(=S)N(c3cccnc3)C2=O)cs1)c1ccccc1F. The Morgan fingerprint density at radius 1 is 1.27 bits per heavy atom. The van der Waals surface area contributed by atoms with Gasteiger partial charge in [-0.25, -0.2) is 9.37 Å². The van der Waals surface area contributed by atoms with Crippen LogP contribution in [0.5, 0.6) is 0 Å². The molecule has 1 aromatic carbocycles. The highest BCUT2D eigenvalue weighted by Gasteiger charge is 2.33. The molecule has 0 radical (unpaired) electrons. The first-order valence-corrected chi connectivity index (χ1v) is 10.7. The average molecular weight is 457 g/mol. The van der Waals surface area contributed by atoms with Crippen molar-refractivity contribution in [3.63, 3.8) is 0 Å². The van der Waals surface area contributed by atoms with Gasteiger partial charge in [0.2, 0.25) is 5.91 Å². The van der Waals surface area contributed by atoms with Crippen LogP contribution in [0.3, 0.4) is 0 Å². The summed E-state index contributed by atoms with van der Waals surface area (Å²) in [6.07, 6.45) is 4.78. The van der Waals surface area contributed by atoms with E-state index < -0.39 is 5.82 Å². The van der Waals surface area contributed by atoms with Gasteiger partial charge < -0.3 is 0 Å². The Bertz CT molecular complexity index is 1180. The van der Waals surface area contributed by atoms with Crippen LogP contribution in [-0.2, 0) is 9.59 Å². The van der Waals surface area contributed by atoms with Crippen LogP contribution in [-0.4, -0.2) is 26.1 Å². The van der Waals surface area contributed by atoms with Gasteiger partial charge in [0.05, 0.1) is 28.2 Å². The summed E-state index contributed by atoms with van der Waals surface area (Å²) in [6.45, 7) is 1.34.